The van der Waals surface area contributed by atoms with Crippen molar-refractivity contribution < 1.29 is 34.7 Å². The van der Waals surface area contributed by atoms with Crippen molar-refractivity contribution in [2.45, 2.75) is 83.1 Å². The van der Waals surface area contributed by atoms with Gasteiger partial charge in [0.2, 0.25) is 17.7 Å². The molecule has 1 aromatic rings. The van der Waals surface area contributed by atoms with Crippen LogP contribution >= 0.6 is 0 Å². The minimum Gasteiger partial charge on any atom is -0.465 e. The van der Waals surface area contributed by atoms with E-state index in [1.165, 1.54) is 10.5 Å². The van der Waals surface area contributed by atoms with Gasteiger partial charge in [-0.05, 0) is 81.6 Å². The molecule has 7 N–H and O–H groups in total. The summed E-state index contributed by atoms with van der Waals surface area (Å²) in [5, 5.41) is 25.5. The van der Waals surface area contributed by atoms with Gasteiger partial charge in [0.15, 0.2) is 0 Å². The summed E-state index contributed by atoms with van der Waals surface area (Å²) in [5.41, 5.74) is 10.6. The van der Waals surface area contributed by atoms with E-state index in [4.69, 9.17) is 21.3 Å². The number of carboxylic acid groups (broad SMARTS) is 1. The molecule has 4 amide bonds. The van der Waals surface area contributed by atoms with Gasteiger partial charge >= 0.3 is 6.09 Å². The van der Waals surface area contributed by atoms with Gasteiger partial charge in [0.25, 0.3) is 0 Å². The van der Waals surface area contributed by atoms with Crippen LogP contribution in [0, 0.1) is 11.8 Å². The van der Waals surface area contributed by atoms with E-state index in [9.17, 15) is 19.2 Å². The van der Waals surface area contributed by atoms with Crippen LogP contribution in [0.15, 0.2) is 30.3 Å². The number of aryl methyl sites for hydroxylation is 1. The number of nitrogens with two attached hydrogens (primary N) is 1. The molecular formula is C29H47N5O7. The Kier molecular flexibility index (Phi) is 15.7. The lowest BCUT2D eigenvalue weighted by atomic mass is 9.91. The Morgan fingerprint density at radius 3 is 1.71 bits per heavy atom. The zero-order valence-corrected chi connectivity index (χ0v) is 23.9. The number of hydroxylamine groups is 2. The highest BCUT2D eigenvalue weighted by Gasteiger charge is 2.26. The lowest BCUT2D eigenvalue weighted by Gasteiger charge is -2.33. The highest BCUT2D eigenvalue weighted by atomic mass is 16.5. The molecule has 3 rings (SSSR count). The first kappa shape index (κ1) is 34.0. The van der Waals surface area contributed by atoms with E-state index < -0.39 is 12.1 Å². The molecule has 230 valence electrons. The van der Waals surface area contributed by atoms with Gasteiger partial charge in [0.1, 0.15) is 0 Å². The van der Waals surface area contributed by atoms with Gasteiger partial charge < -0.3 is 20.6 Å². The van der Waals surface area contributed by atoms with E-state index in [2.05, 4.69) is 12.1 Å². The third-order valence-electron chi connectivity index (χ3n) is 8.00. The Morgan fingerprint density at radius 1 is 0.805 bits per heavy atom. The zero-order chi connectivity index (χ0) is 30.0. The van der Waals surface area contributed by atoms with Gasteiger partial charge in [-0.2, -0.15) is 0 Å². The molecule has 0 unspecified atom stereocenters. The number of likely N-dealkylation sites (tertiary alicyclic amines) is 2. The lowest BCUT2D eigenvalue weighted by molar-refractivity contribution is -0.134. The van der Waals surface area contributed by atoms with Crippen LogP contribution in [-0.2, 0) is 20.8 Å². The van der Waals surface area contributed by atoms with Crippen LogP contribution in [0.25, 0.3) is 0 Å². The second kappa shape index (κ2) is 19.0. The fourth-order valence-corrected chi connectivity index (χ4v) is 5.39. The van der Waals surface area contributed by atoms with E-state index in [1.54, 1.807) is 11.0 Å². The van der Waals surface area contributed by atoms with Crippen molar-refractivity contribution in [1.29, 1.82) is 0 Å². The summed E-state index contributed by atoms with van der Waals surface area (Å²) >= 11 is 0. The number of rotatable bonds is 12. The fourth-order valence-electron chi connectivity index (χ4n) is 5.39. The molecule has 2 saturated heterocycles. The van der Waals surface area contributed by atoms with Gasteiger partial charge in [-0.15, -0.1) is 0 Å². The maximum absolute atomic E-state index is 12.5. The van der Waals surface area contributed by atoms with Crippen molar-refractivity contribution in [1.82, 2.24) is 20.8 Å². The number of benzene rings is 1. The van der Waals surface area contributed by atoms with Gasteiger partial charge in [0.05, 0.1) is 6.04 Å². The van der Waals surface area contributed by atoms with Gasteiger partial charge in [-0.25, -0.2) is 15.8 Å². The summed E-state index contributed by atoms with van der Waals surface area (Å²) < 4.78 is 0. The van der Waals surface area contributed by atoms with E-state index in [-0.39, 0.29) is 17.7 Å². The number of piperidine rings is 2. The predicted molar refractivity (Wildman–Crippen MR) is 152 cm³/mol. The molecule has 12 heteroatoms. The number of nitrogens with one attached hydrogen (secondary N) is 2. The second-order valence-electron chi connectivity index (χ2n) is 11.0. The lowest BCUT2D eigenvalue weighted by Crippen LogP contribution is -2.47. The van der Waals surface area contributed by atoms with E-state index >= 15 is 0 Å². The number of carbonyl (C=O) groups excluding carboxylic acids is 3. The maximum atomic E-state index is 12.5. The first-order valence-electron chi connectivity index (χ1n) is 14.7. The van der Waals surface area contributed by atoms with Crippen LogP contribution in [-0.4, -0.2) is 81.4 Å². The molecular weight excluding hydrogens is 530 g/mol. The van der Waals surface area contributed by atoms with Crippen molar-refractivity contribution in [3.8, 4) is 0 Å². The monoisotopic (exact) mass is 577 g/mol. The average molecular weight is 578 g/mol. The van der Waals surface area contributed by atoms with E-state index in [0.717, 1.165) is 70.9 Å². The van der Waals surface area contributed by atoms with E-state index in [1.807, 2.05) is 23.1 Å². The maximum Gasteiger partial charge on any atom is 0.407 e. The molecule has 2 heterocycles. The number of hydrogen-bond acceptors (Lipinski definition) is 7. The molecule has 0 aromatic heterocycles. The van der Waals surface area contributed by atoms with Crippen LogP contribution in [0.3, 0.4) is 0 Å². The molecule has 41 heavy (non-hydrogen) atoms. The first-order chi connectivity index (χ1) is 19.7. The molecule has 0 spiro atoms. The first-order valence-corrected chi connectivity index (χ1v) is 14.7. The predicted octanol–water partition coefficient (Wildman–Crippen LogP) is 2.91. The van der Waals surface area contributed by atoms with Crippen LogP contribution in [0.4, 0.5) is 4.79 Å². The summed E-state index contributed by atoms with van der Waals surface area (Å²) in [6.07, 6.45) is 8.34. The second-order valence-corrected chi connectivity index (χ2v) is 11.0. The molecule has 1 atom stereocenters. The van der Waals surface area contributed by atoms with Gasteiger partial charge in [-0.3, -0.25) is 24.8 Å². The van der Waals surface area contributed by atoms with Crippen molar-refractivity contribution in [2.75, 3.05) is 26.2 Å². The van der Waals surface area contributed by atoms with Crippen molar-refractivity contribution in [3.05, 3.63) is 35.9 Å². The average Bonchev–Trinajstić information content (AvgIpc) is 3.00. The summed E-state index contributed by atoms with van der Waals surface area (Å²) in [4.78, 5) is 48.2. The normalized spacial score (nSPS) is 16.8. The summed E-state index contributed by atoms with van der Waals surface area (Å²) in [6, 6.07) is 9.65. The third kappa shape index (κ3) is 13.3. The minimum absolute atomic E-state index is 0.0500. The molecule has 2 aliphatic rings. The highest BCUT2D eigenvalue weighted by molar-refractivity contribution is 5.81. The number of hydrogen-bond donors (Lipinski definition) is 6. The molecule has 0 saturated carbocycles. The van der Waals surface area contributed by atoms with Crippen LogP contribution in [0.1, 0.15) is 76.2 Å². The van der Waals surface area contributed by atoms with Crippen molar-refractivity contribution >= 4 is 23.8 Å². The third-order valence-corrected chi connectivity index (χ3v) is 8.00. The smallest absolute Gasteiger partial charge is 0.407 e. The molecule has 12 nitrogen and oxygen atoms in total. The molecule has 0 bridgehead atoms. The van der Waals surface area contributed by atoms with Crippen molar-refractivity contribution in [2.24, 2.45) is 17.6 Å². The SMILES string of the molecule is N[C@@H](CCc1ccccc1)C(=O)N1CCC(CCCC(=O)NO)CC1.O=C(CCCC1CCN(C(=O)O)CC1)NO. The fraction of sp³-hybridized carbons (Fsp3) is 0.655. The van der Waals surface area contributed by atoms with Crippen LogP contribution < -0.4 is 16.7 Å². The molecule has 2 fully saturated rings. The van der Waals surface area contributed by atoms with Crippen LogP contribution in [0.2, 0.25) is 0 Å². The Hall–Kier alpha value is -3.22. The van der Waals surface area contributed by atoms with E-state index in [0.29, 0.717) is 44.2 Å². The topological polar surface area (TPSA) is 186 Å². The Labute approximate surface area is 242 Å². The molecule has 0 radical (unpaired) electrons. The number of carbonyl (C=O) groups is 4. The zero-order valence-electron chi connectivity index (χ0n) is 23.9. The van der Waals surface area contributed by atoms with Gasteiger partial charge in [0, 0.05) is 39.0 Å². The largest absolute Gasteiger partial charge is 0.465 e. The molecule has 1 aromatic carbocycles. The number of amides is 4. The summed E-state index contributed by atoms with van der Waals surface area (Å²) in [6.45, 7) is 2.67. The molecule has 2 aliphatic heterocycles. The standard InChI is InChI=1S/C19H29N3O3.C10H18N2O4/c20-17(10-9-15-5-2-1-3-6-15)19(24)22-13-11-16(12-14-22)7-4-8-18(23)21-25;13-9(11-16)3-1-2-8-4-6-12(7-5-8)10(14)15/h1-3,5-6,16-17,25H,4,7-14,20H2,(H,21,23);8,16H,1-7H2,(H,11,13)(H,14,15)/t17-;/m0./s1. The van der Waals surface area contributed by atoms with Gasteiger partial charge in [-0.1, -0.05) is 30.3 Å². The summed E-state index contributed by atoms with van der Waals surface area (Å²) in [7, 11) is 0. The Balaban J connectivity index is 0.000000317. The Bertz CT molecular complexity index is 933. The Morgan fingerprint density at radius 2 is 1.27 bits per heavy atom. The minimum atomic E-state index is -0.849. The quantitative estimate of drug-likeness (QED) is 0.162. The molecule has 0 aliphatic carbocycles. The van der Waals surface area contributed by atoms with Crippen LogP contribution in [0.5, 0.6) is 0 Å². The number of nitrogens with zero attached hydrogens (tertiary/aromatic N) is 2. The summed E-state index contributed by atoms with van der Waals surface area (Å²) in [5.74, 6) is 0.396. The highest BCUT2D eigenvalue weighted by Crippen LogP contribution is 2.24. The van der Waals surface area contributed by atoms with Crippen molar-refractivity contribution in [3.63, 3.8) is 0 Å².